The number of likely N-dealkylation sites (N-methyl/N-ethyl adjacent to an activating group) is 1. The van der Waals surface area contributed by atoms with Crippen molar-refractivity contribution >= 4 is 0 Å². The molecule has 1 aromatic carbocycles. The van der Waals surface area contributed by atoms with Crippen molar-refractivity contribution in [1.29, 1.82) is 0 Å². The Labute approximate surface area is 106 Å². The molecule has 5 nitrogen and oxygen atoms in total. The van der Waals surface area contributed by atoms with E-state index in [2.05, 4.69) is 27.6 Å². The Morgan fingerprint density at radius 2 is 2.11 bits per heavy atom. The lowest BCUT2D eigenvalue weighted by atomic mass is 10.1. The Morgan fingerprint density at radius 1 is 1.28 bits per heavy atom. The quantitative estimate of drug-likeness (QED) is 0.849. The van der Waals surface area contributed by atoms with Crippen LogP contribution in [0.1, 0.15) is 11.7 Å². The van der Waals surface area contributed by atoms with Gasteiger partial charge in [-0.2, -0.15) is 0 Å². The van der Waals surface area contributed by atoms with Gasteiger partial charge in [0.1, 0.15) is 5.69 Å². The van der Waals surface area contributed by atoms with Gasteiger partial charge in [-0.05, 0) is 19.2 Å². The Bertz CT molecular complexity index is 507. The van der Waals surface area contributed by atoms with E-state index in [1.807, 2.05) is 41.2 Å². The van der Waals surface area contributed by atoms with Crippen LogP contribution in [-0.2, 0) is 0 Å². The Kier molecular flexibility index (Phi) is 3.08. The number of hydrogen-bond donors (Lipinski definition) is 1. The molecule has 0 spiro atoms. The van der Waals surface area contributed by atoms with Gasteiger partial charge in [0.05, 0.1) is 17.9 Å². The van der Waals surface area contributed by atoms with Gasteiger partial charge in [0.25, 0.3) is 0 Å². The summed E-state index contributed by atoms with van der Waals surface area (Å²) in [6.07, 6.45) is 2.02. The molecule has 2 aromatic rings. The van der Waals surface area contributed by atoms with Crippen molar-refractivity contribution in [2.45, 2.75) is 6.04 Å². The van der Waals surface area contributed by atoms with Crippen molar-refractivity contribution in [2.75, 3.05) is 26.7 Å². The van der Waals surface area contributed by atoms with Crippen molar-refractivity contribution in [2.24, 2.45) is 0 Å². The zero-order valence-corrected chi connectivity index (χ0v) is 10.5. The van der Waals surface area contributed by atoms with E-state index >= 15 is 0 Å². The summed E-state index contributed by atoms with van der Waals surface area (Å²) in [6.45, 7) is 3.02. The summed E-state index contributed by atoms with van der Waals surface area (Å²) in [6, 6.07) is 10.4. The van der Waals surface area contributed by atoms with E-state index in [0.29, 0.717) is 6.04 Å². The van der Waals surface area contributed by atoms with Crippen molar-refractivity contribution in [3.63, 3.8) is 0 Å². The van der Waals surface area contributed by atoms with Crippen LogP contribution < -0.4 is 5.32 Å². The third-order valence-corrected chi connectivity index (χ3v) is 3.38. The van der Waals surface area contributed by atoms with Gasteiger partial charge in [-0.15, -0.1) is 5.10 Å². The molecular weight excluding hydrogens is 226 g/mol. The molecule has 1 saturated heterocycles. The van der Waals surface area contributed by atoms with Crippen molar-refractivity contribution < 1.29 is 0 Å². The molecule has 18 heavy (non-hydrogen) atoms. The second kappa shape index (κ2) is 4.88. The second-order valence-electron chi connectivity index (χ2n) is 4.62. The lowest BCUT2D eigenvalue weighted by molar-refractivity contribution is 0.198. The highest BCUT2D eigenvalue weighted by Gasteiger charge is 2.23. The lowest BCUT2D eigenvalue weighted by Gasteiger charge is -2.31. The first kappa shape index (κ1) is 11.4. The van der Waals surface area contributed by atoms with Crippen LogP contribution >= 0.6 is 0 Å². The second-order valence-corrected chi connectivity index (χ2v) is 4.62. The van der Waals surface area contributed by atoms with Crippen LogP contribution in [0.4, 0.5) is 0 Å². The minimum absolute atomic E-state index is 0.316. The predicted octanol–water partition coefficient (Wildman–Crippen LogP) is 0.843. The van der Waals surface area contributed by atoms with Gasteiger partial charge in [0, 0.05) is 19.6 Å². The molecular formula is C13H17N5. The molecule has 1 unspecified atom stereocenters. The van der Waals surface area contributed by atoms with Gasteiger partial charge in [0.2, 0.25) is 0 Å². The summed E-state index contributed by atoms with van der Waals surface area (Å²) in [5, 5.41) is 11.9. The van der Waals surface area contributed by atoms with E-state index in [9.17, 15) is 0 Å². The van der Waals surface area contributed by atoms with Crippen LogP contribution in [-0.4, -0.2) is 46.6 Å². The van der Waals surface area contributed by atoms with Gasteiger partial charge >= 0.3 is 0 Å². The maximum atomic E-state index is 4.30. The molecule has 94 valence electrons. The number of para-hydroxylation sites is 1. The summed E-state index contributed by atoms with van der Waals surface area (Å²) in [5.74, 6) is 0. The minimum atomic E-state index is 0.316. The number of nitrogens with zero attached hydrogens (tertiary/aromatic N) is 4. The smallest absolute Gasteiger partial charge is 0.102 e. The van der Waals surface area contributed by atoms with E-state index in [1.165, 1.54) is 0 Å². The third-order valence-electron chi connectivity index (χ3n) is 3.38. The largest absolute Gasteiger partial charge is 0.313 e. The molecule has 1 aliphatic rings. The van der Waals surface area contributed by atoms with Crippen LogP contribution in [0.25, 0.3) is 5.69 Å². The van der Waals surface area contributed by atoms with Gasteiger partial charge in [0.15, 0.2) is 0 Å². The molecule has 0 bridgehead atoms. The molecule has 1 aromatic heterocycles. The molecule has 1 fully saturated rings. The van der Waals surface area contributed by atoms with Crippen LogP contribution in [0.15, 0.2) is 36.5 Å². The molecule has 5 heteroatoms. The topological polar surface area (TPSA) is 46.0 Å². The number of hydrogen-bond acceptors (Lipinski definition) is 4. The molecule has 1 aliphatic heterocycles. The van der Waals surface area contributed by atoms with Gasteiger partial charge in [-0.1, -0.05) is 23.4 Å². The fourth-order valence-electron chi connectivity index (χ4n) is 2.27. The van der Waals surface area contributed by atoms with Gasteiger partial charge in [-0.25, -0.2) is 4.68 Å². The average Bonchev–Trinajstić information content (AvgIpc) is 2.90. The first-order valence-electron chi connectivity index (χ1n) is 6.23. The Morgan fingerprint density at radius 3 is 2.89 bits per heavy atom. The number of nitrogens with one attached hydrogen (secondary N) is 1. The van der Waals surface area contributed by atoms with Crippen LogP contribution in [0.2, 0.25) is 0 Å². The molecule has 0 amide bonds. The molecule has 3 rings (SSSR count). The lowest BCUT2D eigenvalue weighted by Crippen LogP contribution is -2.43. The van der Waals surface area contributed by atoms with Crippen molar-refractivity contribution in [1.82, 2.24) is 25.2 Å². The SMILES string of the molecule is CN1CCNCC1c1cn(-c2ccccc2)nn1. The summed E-state index contributed by atoms with van der Waals surface area (Å²) < 4.78 is 1.83. The molecule has 1 atom stereocenters. The summed E-state index contributed by atoms with van der Waals surface area (Å²) >= 11 is 0. The number of benzene rings is 1. The first-order valence-corrected chi connectivity index (χ1v) is 6.23. The zero-order chi connectivity index (χ0) is 12.4. The fraction of sp³-hybridized carbons (Fsp3) is 0.385. The van der Waals surface area contributed by atoms with Crippen molar-refractivity contribution in [3.05, 3.63) is 42.2 Å². The van der Waals surface area contributed by atoms with Crippen LogP contribution in [0.5, 0.6) is 0 Å². The predicted molar refractivity (Wildman–Crippen MR) is 69.6 cm³/mol. The number of rotatable bonds is 2. The molecule has 1 N–H and O–H groups in total. The fourth-order valence-corrected chi connectivity index (χ4v) is 2.27. The Hall–Kier alpha value is -1.72. The molecule has 0 aliphatic carbocycles. The zero-order valence-electron chi connectivity index (χ0n) is 10.5. The van der Waals surface area contributed by atoms with Crippen LogP contribution in [0.3, 0.4) is 0 Å². The van der Waals surface area contributed by atoms with E-state index in [-0.39, 0.29) is 0 Å². The number of aromatic nitrogens is 3. The molecule has 0 saturated carbocycles. The summed E-state index contributed by atoms with van der Waals surface area (Å²) in [4.78, 5) is 2.32. The Balaban J connectivity index is 1.85. The van der Waals surface area contributed by atoms with E-state index in [4.69, 9.17) is 0 Å². The average molecular weight is 243 g/mol. The first-order chi connectivity index (χ1) is 8.84. The van der Waals surface area contributed by atoms with E-state index in [1.54, 1.807) is 0 Å². The van der Waals surface area contributed by atoms with E-state index < -0.39 is 0 Å². The maximum absolute atomic E-state index is 4.30. The third kappa shape index (κ3) is 2.14. The standard InChI is InChI=1S/C13H17N5/c1-17-8-7-14-9-13(17)12-10-18(16-15-12)11-5-3-2-4-6-11/h2-6,10,13-14H,7-9H2,1H3. The highest BCUT2D eigenvalue weighted by Crippen LogP contribution is 2.18. The monoisotopic (exact) mass is 243 g/mol. The van der Waals surface area contributed by atoms with E-state index in [0.717, 1.165) is 31.0 Å². The maximum Gasteiger partial charge on any atom is 0.102 e. The summed E-state index contributed by atoms with van der Waals surface area (Å²) in [5.41, 5.74) is 2.07. The van der Waals surface area contributed by atoms with Crippen LogP contribution in [0, 0.1) is 0 Å². The molecule has 2 heterocycles. The summed E-state index contributed by atoms with van der Waals surface area (Å²) in [7, 11) is 2.13. The minimum Gasteiger partial charge on any atom is -0.313 e. The molecule has 0 radical (unpaired) electrons. The van der Waals surface area contributed by atoms with Crippen molar-refractivity contribution in [3.8, 4) is 5.69 Å². The highest BCUT2D eigenvalue weighted by molar-refractivity contribution is 5.30. The number of piperazine rings is 1. The highest BCUT2D eigenvalue weighted by atomic mass is 15.4. The normalized spacial score (nSPS) is 21.1. The van der Waals surface area contributed by atoms with Gasteiger partial charge < -0.3 is 5.32 Å². The van der Waals surface area contributed by atoms with Gasteiger partial charge in [-0.3, -0.25) is 4.90 Å².